The molecule has 9 rings (SSSR count). The lowest BCUT2D eigenvalue weighted by Crippen LogP contribution is -2.04. The highest BCUT2D eigenvalue weighted by Gasteiger charge is 2.24. The molecule has 0 unspecified atom stereocenters. The summed E-state index contributed by atoms with van der Waals surface area (Å²) in [5, 5.41) is 4.37. The molecule has 3 aromatic heterocycles. The molecule has 0 bridgehead atoms. The number of H-pyrrole nitrogens is 1. The van der Waals surface area contributed by atoms with Gasteiger partial charge in [-0.3, -0.25) is 8.78 Å². The fraction of sp³-hybridized carbons (Fsp3) is 0.510. The van der Waals surface area contributed by atoms with Gasteiger partial charge in [0.15, 0.2) is 0 Å². The van der Waals surface area contributed by atoms with Crippen LogP contribution in [0.3, 0.4) is 0 Å². The summed E-state index contributed by atoms with van der Waals surface area (Å²) in [6.45, 7) is 6.49. The third-order valence-corrected chi connectivity index (χ3v) is 13.4. The smallest absolute Gasteiger partial charge is 0.0890 e. The van der Waals surface area contributed by atoms with Crippen molar-refractivity contribution >= 4 is 48.6 Å². The number of nitrogens with one attached hydrogen (secondary N) is 1. The first-order chi connectivity index (χ1) is 27.2. The largest absolute Gasteiger partial charge is 0.361 e. The maximum Gasteiger partial charge on any atom is 0.0890 e. The van der Waals surface area contributed by atoms with Crippen LogP contribution >= 0.6 is 15.9 Å². The number of hydrogen-bond donors (Lipinski definition) is 1. The second kappa shape index (κ2) is 20.7. The van der Waals surface area contributed by atoms with Crippen LogP contribution in [0.15, 0.2) is 71.6 Å². The number of halogens is 3. The Morgan fingerprint density at radius 3 is 1.64 bits per heavy atom. The first kappa shape index (κ1) is 41.3. The van der Waals surface area contributed by atoms with E-state index in [4.69, 9.17) is 1.37 Å². The van der Waals surface area contributed by atoms with Crippen molar-refractivity contribution < 1.29 is 11.6 Å². The van der Waals surface area contributed by atoms with Gasteiger partial charge in [-0.05, 0) is 145 Å². The Labute approximate surface area is 341 Å². The number of aromatic nitrogens is 3. The van der Waals surface area contributed by atoms with Crippen molar-refractivity contribution in [3.8, 4) is 0 Å². The molecule has 55 heavy (non-hydrogen) atoms. The Morgan fingerprint density at radius 1 is 0.618 bits per heavy atom. The van der Waals surface area contributed by atoms with E-state index in [2.05, 4.69) is 132 Å². The van der Waals surface area contributed by atoms with Crippen LogP contribution in [0, 0.1) is 20.8 Å². The summed E-state index contributed by atoms with van der Waals surface area (Å²) in [6.07, 6.45) is 25.5. The Balaban J connectivity index is 0.000000178. The highest BCUT2D eigenvalue weighted by atomic mass is 79.9. The normalized spacial score (nSPS) is 16.9. The van der Waals surface area contributed by atoms with Gasteiger partial charge in [-0.2, -0.15) is 0 Å². The number of nitrogens with zero attached hydrogens (tertiary/aromatic N) is 2. The molecular formula is C49H68BrF2N3. The maximum atomic E-state index is 9.96. The van der Waals surface area contributed by atoms with Gasteiger partial charge in [0.1, 0.15) is 0 Å². The Kier molecular flexibility index (Phi) is 15.5. The molecule has 3 aliphatic rings. The fourth-order valence-corrected chi connectivity index (χ4v) is 10.3. The molecule has 0 spiro atoms. The molecule has 0 saturated heterocycles. The monoisotopic (exact) mass is 818 g/mol. The van der Waals surface area contributed by atoms with Gasteiger partial charge in [0, 0.05) is 60.6 Å². The fourth-order valence-electron chi connectivity index (χ4n) is 9.60. The van der Waals surface area contributed by atoms with E-state index in [0.29, 0.717) is 7.18 Å². The summed E-state index contributed by atoms with van der Waals surface area (Å²) in [6, 6.07) is 20.5. The third-order valence-electron chi connectivity index (χ3n) is 12.5. The van der Waals surface area contributed by atoms with Crippen LogP contribution in [0.4, 0.5) is 8.78 Å². The third kappa shape index (κ3) is 10.1. The lowest BCUT2D eigenvalue weighted by molar-refractivity contribution is 0.444. The van der Waals surface area contributed by atoms with Crippen LogP contribution in [0.2, 0.25) is 0 Å². The van der Waals surface area contributed by atoms with Crippen molar-refractivity contribution in [1.82, 2.24) is 14.1 Å². The maximum absolute atomic E-state index is 9.96. The first-order valence-electron chi connectivity index (χ1n) is 21.5. The molecule has 0 amide bonds. The molecular weight excluding hydrogens is 748 g/mol. The lowest BCUT2D eigenvalue weighted by Gasteiger charge is -2.22. The van der Waals surface area contributed by atoms with Crippen molar-refractivity contribution in [3.63, 3.8) is 0 Å². The van der Waals surface area contributed by atoms with Gasteiger partial charge in [0.2, 0.25) is 0 Å². The summed E-state index contributed by atoms with van der Waals surface area (Å²) < 4.78 is 30.9. The minimum atomic E-state index is -1.00. The van der Waals surface area contributed by atoms with Crippen LogP contribution in [0.1, 0.15) is 150 Å². The highest BCUT2D eigenvalue weighted by Crippen LogP contribution is 2.42. The van der Waals surface area contributed by atoms with Crippen LogP contribution in [0.25, 0.3) is 32.7 Å². The zero-order chi connectivity index (χ0) is 40.2. The topological polar surface area (TPSA) is 25.6 Å². The van der Waals surface area contributed by atoms with Crippen LogP contribution in [-0.2, 0) is 14.1 Å². The quantitative estimate of drug-likeness (QED) is 0.184. The molecule has 3 nitrogen and oxygen atoms in total. The van der Waals surface area contributed by atoms with E-state index in [1.807, 2.05) is 0 Å². The molecule has 6 aromatic rings. The number of alkyl halides is 2. The zero-order valence-corrected chi connectivity index (χ0v) is 36.0. The number of fused-ring (bicyclic) bond motifs is 3. The predicted molar refractivity (Wildman–Crippen MR) is 240 cm³/mol. The molecule has 1 N–H and O–H groups in total. The van der Waals surface area contributed by atoms with E-state index in [1.54, 1.807) is 16.7 Å². The van der Waals surface area contributed by atoms with Gasteiger partial charge in [0.25, 0.3) is 0 Å². The summed E-state index contributed by atoms with van der Waals surface area (Å²) in [5.41, 5.74) is 12.8. The summed E-state index contributed by atoms with van der Waals surface area (Å²) in [4.78, 5) is 3.43. The van der Waals surface area contributed by atoms with Crippen molar-refractivity contribution in [3.05, 3.63) is 105 Å². The van der Waals surface area contributed by atoms with Gasteiger partial charge in [-0.25, -0.2) is 0 Å². The average molecular weight is 820 g/mol. The molecule has 300 valence electrons. The van der Waals surface area contributed by atoms with E-state index < -0.39 is 7.15 Å². The molecule has 3 aromatic carbocycles. The molecule has 3 fully saturated rings. The van der Waals surface area contributed by atoms with Crippen molar-refractivity contribution in [2.75, 3.05) is 14.3 Å². The van der Waals surface area contributed by atoms with Crippen LogP contribution < -0.4 is 0 Å². The Bertz CT molecular complexity index is 2110. The van der Waals surface area contributed by atoms with E-state index in [9.17, 15) is 8.78 Å². The number of benzene rings is 3. The number of aryl methyl sites for hydroxylation is 5. The van der Waals surface area contributed by atoms with E-state index in [-0.39, 0.29) is 1.43 Å². The van der Waals surface area contributed by atoms with Gasteiger partial charge >= 0.3 is 0 Å². The number of rotatable bonds is 3. The molecule has 3 aliphatic carbocycles. The molecule has 6 heteroatoms. The SMILES string of the molecule is CF.Cc1ccc2c(C3CCCCC3)c(Br)n(C)c2c1.Cc1ccc2c(C3CCCCC3)c[nH]c2c1.Cc1ccc2c(C3CCCCC3)cn(C)c2c1.[2H]CF.[3HH]. The minimum absolute atomic E-state index is 0. The summed E-state index contributed by atoms with van der Waals surface area (Å²) in [7, 11) is 3.84. The summed E-state index contributed by atoms with van der Waals surface area (Å²) in [5.74, 6) is 2.35. The number of hydrogen-bond acceptors (Lipinski definition) is 0. The van der Waals surface area contributed by atoms with Crippen LogP contribution in [-0.4, -0.2) is 28.4 Å². The molecule has 0 radical (unpaired) electrons. The van der Waals surface area contributed by atoms with Gasteiger partial charge in [0.05, 0.1) is 20.3 Å². The standard InChI is InChI=1S/C16H20BrN.C16H21N.C15H19N.2CH3F.H2/c1-11-8-9-13-14(10-11)18(2)16(17)15(13)12-6-4-3-5-7-12;1-12-8-9-14-15(11-17(2)16(14)10-12)13-6-4-3-5-7-13;1-11-7-8-13-14(10-16-15(13)9-11)12-5-3-2-4-6-12;2*1-2;/h8-10,12H,3-7H2,1-2H3;8-11,13H,3-7H2,1-2H3;7-10,12,16H,2-6H2,1H3;2*1H3;1H/i;;;1D;;1+2. The van der Waals surface area contributed by atoms with E-state index >= 15 is 0 Å². The van der Waals surface area contributed by atoms with E-state index in [0.717, 1.165) is 17.8 Å². The molecule has 3 saturated carbocycles. The van der Waals surface area contributed by atoms with Gasteiger partial charge in [-0.15, -0.1) is 0 Å². The van der Waals surface area contributed by atoms with Crippen molar-refractivity contribution in [2.45, 2.75) is 135 Å². The first-order valence-corrected chi connectivity index (χ1v) is 21.6. The Hall–Kier alpha value is -3.38. The van der Waals surface area contributed by atoms with Crippen molar-refractivity contribution in [2.24, 2.45) is 14.1 Å². The molecule has 0 aliphatic heterocycles. The second-order valence-electron chi connectivity index (χ2n) is 16.3. The van der Waals surface area contributed by atoms with Crippen molar-refractivity contribution in [1.29, 1.82) is 0 Å². The summed E-state index contributed by atoms with van der Waals surface area (Å²) >= 11 is 3.82. The van der Waals surface area contributed by atoms with Crippen LogP contribution in [0.5, 0.6) is 0 Å². The molecule has 0 atom stereocenters. The second-order valence-corrected chi connectivity index (χ2v) is 17.0. The van der Waals surface area contributed by atoms with Gasteiger partial charge in [-0.1, -0.05) is 94.2 Å². The predicted octanol–water partition coefficient (Wildman–Crippen LogP) is 15.8. The highest BCUT2D eigenvalue weighted by molar-refractivity contribution is 9.10. The molecule has 3 heterocycles. The van der Waals surface area contributed by atoms with E-state index in [1.165, 1.54) is 150 Å². The van der Waals surface area contributed by atoms with Gasteiger partial charge < -0.3 is 14.1 Å². The zero-order valence-electron chi connectivity index (χ0n) is 35.4. The minimum Gasteiger partial charge on any atom is -0.361 e. The Morgan fingerprint density at radius 2 is 1.07 bits per heavy atom. The lowest BCUT2D eigenvalue weighted by atomic mass is 9.84. The average Bonchev–Trinajstić information content (AvgIpc) is 3.88. The number of aromatic amines is 1.